The van der Waals surface area contributed by atoms with Gasteiger partial charge in [0.25, 0.3) is 0 Å². The average Bonchev–Trinajstić information content (AvgIpc) is 3.20. The number of aromatic nitrogens is 1. The van der Waals surface area contributed by atoms with Crippen molar-refractivity contribution in [2.24, 2.45) is 0 Å². The molecule has 4 nitrogen and oxygen atoms in total. The van der Waals surface area contributed by atoms with E-state index in [0.29, 0.717) is 5.54 Å². The second kappa shape index (κ2) is 6.46. The predicted molar refractivity (Wildman–Crippen MR) is 89.8 cm³/mol. The van der Waals surface area contributed by atoms with E-state index in [2.05, 4.69) is 33.0 Å². The van der Waals surface area contributed by atoms with Gasteiger partial charge >= 0.3 is 0 Å². The third-order valence-electron chi connectivity index (χ3n) is 5.46. The van der Waals surface area contributed by atoms with Crippen LogP contribution in [0.2, 0.25) is 0 Å². The lowest BCUT2D eigenvalue weighted by molar-refractivity contribution is 0.0302. The molecular weight excluding hydrogens is 286 g/mol. The first-order valence-corrected chi connectivity index (χ1v) is 8.73. The van der Waals surface area contributed by atoms with Gasteiger partial charge in [0.2, 0.25) is 0 Å². The van der Waals surface area contributed by atoms with Crippen molar-refractivity contribution in [2.45, 2.75) is 44.3 Å². The van der Waals surface area contributed by atoms with Crippen LogP contribution in [0.4, 0.5) is 0 Å². The van der Waals surface area contributed by atoms with Crippen LogP contribution in [0.3, 0.4) is 0 Å². The van der Waals surface area contributed by atoms with Crippen LogP contribution in [-0.2, 0) is 13.1 Å². The van der Waals surface area contributed by atoms with E-state index in [1.54, 1.807) is 6.26 Å². The summed E-state index contributed by atoms with van der Waals surface area (Å²) in [7, 11) is 0. The maximum absolute atomic E-state index is 5.55. The Labute approximate surface area is 138 Å². The molecule has 0 N–H and O–H groups in total. The molecule has 2 aliphatic rings. The van der Waals surface area contributed by atoms with E-state index in [0.717, 1.165) is 18.8 Å². The maximum Gasteiger partial charge on any atom is 0.117 e. The molecule has 0 saturated carbocycles. The molecule has 0 bridgehead atoms. The van der Waals surface area contributed by atoms with Crippen molar-refractivity contribution in [2.75, 3.05) is 19.6 Å². The molecule has 4 heterocycles. The van der Waals surface area contributed by atoms with Gasteiger partial charge in [-0.15, -0.1) is 0 Å². The maximum atomic E-state index is 5.55. The zero-order valence-electron chi connectivity index (χ0n) is 13.7. The molecule has 1 unspecified atom stereocenters. The molecule has 2 fully saturated rings. The number of piperidine rings is 1. The lowest BCUT2D eigenvalue weighted by Gasteiger charge is -2.46. The summed E-state index contributed by atoms with van der Waals surface area (Å²) >= 11 is 0. The summed E-state index contributed by atoms with van der Waals surface area (Å²) in [4.78, 5) is 9.44. The van der Waals surface area contributed by atoms with Gasteiger partial charge in [-0.1, -0.05) is 0 Å². The van der Waals surface area contributed by atoms with Crippen LogP contribution in [0.15, 0.2) is 47.3 Å². The highest BCUT2D eigenvalue weighted by Gasteiger charge is 2.43. The molecule has 0 aliphatic carbocycles. The first-order chi connectivity index (χ1) is 11.3. The Bertz CT molecular complexity index is 613. The van der Waals surface area contributed by atoms with Gasteiger partial charge in [0.15, 0.2) is 0 Å². The number of nitrogens with zero attached hydrogens (tertiary/aromatic N) is 3. The summed E-state index contributed by atoms with van der Waals surface area (Å²) < 4.78 is 5.55. The molecule has 2 aromatic heterocycles. The Morgan fingerprint density at radius 1 is 1.04 bits per heavy atom. The summed E-state index contributed by atoms with van der Waals surface area (Å²) in [5.74, 6) is 1.08. The number of furan rings is 1. The van der Waals surface area contributed by atoms with Crippen molar-refractivity contribution >= 4 is 0 Å². The second-order valence-corrected chi connectivity index (χ2v) is 7.00. The number of likely N-dealkylation sites (tertiary alicyclic amines) is 2. The first kappa shape index (κ1) is 14.9. The van der Waals surface area contributed by atoms with Crippen LogP contribution in [0, 0.1) is 0 Å². The van der Waals surface area contributed by atoms with Gasteiger partial charge in [0, 0.05) is 31.0 Å². The lowest BCUT2D eigenvalue weighted by atomic mass is 9.86. The Morgan fingerprint density at radius 2 is 1.87 bits per heavy atom. The first-order valence-electron chi connectivity index (χ1n) is 8.73. The average molecular weight is 311 g/mol. The highest BCUT2D eigenvalue weighted by molar-refractivity contribution is 5.12. The van der Waals surface area contributed by atoms with Crippen molar-refractivity contribution in [1.82, 2.24) is 14.8 Å². The quantitative estimate of drug-likeness (QED) is 0.867. The van der Waals surface area contributed by atoms with Crippen LogP contribution in [0.1, 0.15) is 37.0 Å². The standard InChI is InChI=1S/C19H25N3O/c1-4-18(23-13-1)15-21-11-2-7-19(16-21)8-3-12-22(19)14-17-5-9-20-10-6-17/h1,4-6,9-10,13H,2-3,7-8,11-12,14-16H2. The lowest BCUT2D eigenvalue weighted by Crippen LogP contribution is -2.55. The van der Waals surface area contributed by atoms with Crippen molar-refractivity contribution in [3.8, 4) is 0 Å². The molecule has 0 amide bonds. The van der Waals surface area contributed by atoms with Crippen molar-refractivity contribution in [3.05, 3.63) is 54.2 Å². The minimum Gasteiger partial charge on any atom is -0.468 e. The number of rotatable bonds is 4. The second-order valence-electron chi connectivity index (χ2n) is 7.00. The Balaban J connectivity index is 1.47. The molecule has 0 aromatic carbocycles. The largest absolute Gasteiger partial charge is 0.468 e. The monoisotopic (exact) mass is 311 g/mol. The molecule has 2 aromatic rings. The minimum absolute atomic E-state index is 0.355. The van der Waals surface area contributed by atoms with Crippen LogP contribution in [0.5, 0.6) is 0 Å². The molecule has 4 rings (SSSR count). The molecule has 0 radical (unpaired) electrons. The topological polar surface area (TPSA) is 32.5 Å². The van der Waals surface area contributed by atoms with E-state index in [-0.39, 0.29) is 0 Å². The predicted octanol–water partition coefficient (Wildman–Crippen LogP) is 3.31. The summed E-state index contributed by atoms with van der Waals surface area (Å²) in [6.07, 6.45) is 10.8. The zero-order valence-corrected chi connectivity index (χ0v) is 13.7. The van der Waals surface area contributed by atoms with E-state index in [4.69, 9.17) is 4.42 Å². The Morgan fingerprint density at radius 3 is 2.65 bits per heavy atom. The highest BCUT2D eigenvalue weighted by atomic mass is 16.3. The number of hydrogen-bond donors (Lipinski definition) is 0. The van der Waals surface area contributed by atoms with E-state index in [1.165, 1.54) is 50.9 Å². The van der Waals surface area contributed by atoms with Gasteiger partial charge in [0.05, 0.1) is 12.8 Å². The van der Waals surface area contributed by atoms with E-state index < -0.39 is 0 Å². The van der Waals surface area contributed by atoms with Crippen molar-refractivity contribution < 1.29 is 4.42 Å². The molecular formula is C19H25N3O. The molecule has 1 spiro atoms. The van der Waals surface area contributed by atoms with Gasteiger partial charge in [-0.25, -0.2) is 0 Å². The summed E-state index contributed by atoms with van der Waals surface area (Å²) in [6, 6.07) is 8.37. The fraction of sp³-hybridized carbons (Fsp3) is 0.526. The van der Waals surface area contributed by atoms with Gasteiger partial charge < -0.3 is 4.42 Å². The smallest absolute Gasteiger partial charge is 0.117 e. The minimum atomic E-state index is 0.355. The normalized spacial score (nSPS) is 26.1. The van der Waals surface area contributed by atoms with Gasteiger partial charge in [-0.05, 0) is 68.6 Å². The molecule has 1 atom stereocenters. The van der Waals surface area contributed by atoms with E-state index in [1.807, 2.05) is 18.5 Å². The molecule has 2 saturated heterocycles. The van der Waals surface area contributed by atoms with E-state index >= 15 is 0 Å². The van der Waals surface area contributed by atoms with Gasteiger partial charge in [0.1, 0.15) is 5.76 Å². The molecule has 2 aliphatic heterocycles. The number of pyridine rings is 1. The molecule has 122 valence electrons. The zero-order chi connectivity index (χ0) is 15.5. The third kappa shape index (κ3) is 3.19. The molecule has 4 heteroatoms. The van der Waals surface area contributed by atoms with Crippen molar-refractivity contribution in [1.29, 1.82) is 0 Å². The van der Waals surface area contributed by atoms with Crippen LogP contribution < -0.4 is 0 Å². The van der Waals surface area contributed by atoms with E-state index in [9.17, 15) is 0 Å². The highest BCUT2D eigenvalue weighted by Crippen LogP contribution is 2.38. The van der Waals surface area contributed by atoms with Crippen LogP contribution in [0.25, 0.3) is 0 Å². The Hall–Kier alpha value is -1.65. The summed E-state index contributed by atoms with van der Waals surface area (Å²) in [5, 5.41) is 0. The SMILES string of the molecule is c1coc(CN2CCCC3(CCCN3Cc3ccncc3)C2)c1. The third-order valence-corrected chi connectivity index (χ3v) is 5.46. The molecule has 23 heavy (non-hydrogen) atoms. The van der Waals surface area contributed by atoms with Gasteiger partial charge in [-0.2, -0.15) is 0 Å². The van der Waals surface area contributed by atoms with Crippen LogP contribution in [-0.4, -0.2) is 40.0 Å². The Kier molecular flexibility index (Phi) is 4.19. The van der Waals surface area contributed by atoms with Gasteiger partial charge in [-0.3, -0.25) is 14.8 Å². The van der Waals surface area contributed by atoms with Crippen LogP contribution >= 0.6 is 0 Å². The fourth-order valence-corrected chi connectivity index (χ4v) is 4.38. The summed E-state index contributed by atoms with van der Waals surface area (Å²) in [5.41, 5.74) is 1.73. The summed E-state index contributed by atoms with van der Waals surface area (Å²) in [6.45, 7) is 5.57. The number of hydrogen-bond acceptors (Lipinski definition) is 4. The fourth-order valence-electron chi connectivity index (χ4n) is 4.38. The van der Waals surface area contributed by atoms with Crippen molar-refractivity contribution in [3.63, 3.8) is 0 Å².